The number of Topliss-reactive ketones (excluding diaryl/α,β-unsaturated/α-hetero) is 1. The average molecular weight is 475 g/mol. The molecule has 31 heavy (non-hydrogen) atoms. The molecular formula is C27H27BrN2O. The molecule has 1 N–H and O–H groups in total. The molecule has 1 atom stereocenters. The van der Waals surface area contributed by atoms with Crippen LogP contribution in [0, 0.1) is 5.41 Å². The van der Waals surface area contributed by atoms with E-state index >= 15 is 0 Å². The molecule has 1 heterocycles. The maximum atomic E-state index is 13.4. The van der Waals surface area contributed by atoms with Gasteiger partial charge in [0.1, 0.15) is 0 Å². The van der Waals surface area contributed by atoms with Crippen LogP contribution in [0.1, 0.15) is 43.7 Å². The van der Waals surface area contributed by atoms with Gasteiger partial charge in [-0.05, 0) is 56.4 Å². The summed E-state index contributed by atoms with van der Waals surface area (Å²) in [6.07, 6.45) is 1.47. The van der Waals surface area contributed by atoms with Gasteiger partial charge in [-0.3, -0.25) is 4.79 Å². The second-order valence-corrected chi connectivity index (χ2v) is 10.6. The Morgan fingerprint density at radius 1 is 1.03 bits per heavy atom. The van der Waals surface area contributed by atoms with Gasteiger partial charge in [0.2, 0.25) is 0 Å². The van der Waals surface area contributed by atoms with E-state index in [1.807, 2.05) is 14.1 Å². The second kappa shape index (κ2) is 7.23. The van der Waals surface area contributed by atoms with Crippen molar-refractivity contribution in [1.29, 1.82) is 0 Å². The van der Waals surface area contributed by atoms with Crippen LogP contribution in [0.15, 0.2) is 70.3 Å². The minimum Gasteiger partial charge on any atom is -0.377 e. The quantitative estimate of drug-likeness (QED) is 0.439. The van der Waals surface area contributed by atoms with E-state index in [-0.39, 0.29) is 17.1 Å². The number of hydrogen-bond donors (Lipinski definition) is 1. The van der Waals surface area contributed by atoms with E-state index in [1.54, 1.807) is 0 Å². The highest BCUT2D eigenvalue weighted by atomic mass is 79.9. The monoisotopic (exact) mass is 474 g/mol. The number of halogens is 1. The van der Waals surface area contributed by atoms with Gasteiger partial charge >= 0.3 is 0 Å². The van der Waals surface area contributed by atoms with Crippen molar-refractivity contribution in [1.82, 2.24) is 0 Å². The highest BCUT2D eigenvalue weighted by Crippen LogP contribution is 2.51. The summed E-state index contributed by atoms with van der Waals surface area (Å²) < 4.78 is 1.04. The zero-order valence-corrected chi connectivity index (χ0v) is 20.0. The first kappa shape index (κ1) is 20.3. The lowest BCUT2D eigenvalue weighted by Crippen LogP contribution is -2.33. The summed E-state index contributed by atoms with van der Waals surface area (Å²) in [6, 6.07) is 19.3. The number of benzene rings is 3. The molecule has 2 aliphatic rings. The SMILES string of the molecule is CN(C)c1ccc(C2C3=C(CC(C)(C)CC3=O)Nc3c2ccc2ccccc32)cc1Br. The highest BCUT2D eigenvalue weighted by molar-refractivity contribution is 9.10. The molecule has 0 radical (unpaired) electrons. The van der Waals surface area contributed by atoms with Crippen molar-refractivity contribution in [3.05, 3.63) is 81.5 Å². The normalized spacial score (nSPS) is 19.6. The van der Waals surface area contributed by atoms with Gasteiger partial charge in [0.15, 0.2) is 5.78 Å². The molecule has 0 fully saturated rings. The van der Waals surface area contributed by atoms with Crippen LogP contribution < -0.4 is 10.2 Å². The number of anilines is 2. The molecule has 5 rings (SSSR count). The summed E-state index contributed by atoms with van der Waals surface area (Å²) >= 11 is 3.76. The number of rotatable bonds is 2. The molecule has 0 aromatic heterocycles. The highest BCUT2D eigenvalue weighted by Gasteiger charge is 2.41. The molecule has 1 unspecified atom stereocenters. The van der Waals surface area contributed by atoms with Crippen molar-refractivity contribution in [3.8, 4) is 0 Å². The molecule has 158 valence electrons. The van der Waals surface area contributed by atoms with Gasteiger partial charge in [0.25, 0.3) is 0 Å². The van der Waals surface area contributed by atoms with Gasteiger partial charge in [-0.15, -0.1) is 0 Å². The van der Waals surface area contributed by atoms with Crippen LogP contribution in [-0.4, -0.2) is 19.9 Å². The maximum Gasteiger partial charge on any atom is 0.162 e. The van der Waals surface area contributed by atoms with E-state index in [0.29, 0.717) is 6.42 Å². The predicted octanol–water partition coefficient (Wildman–Crippen LogP) is 6.87. The van der Waals surface area contributed by atoms with E-state index in [2.05, 4.69) is 94.6 Å². The van der Waals surface area contributed by atoms with Crippen LogP contribution in [0.2, 0.25) is 0 Å². The van der Waals surface area contributed by atoms with Crippen molar-refractivity contribution < 1.29 is 4.79 Å². The Morgan fingerprint density at radius 2 is 1.81 bits per heavy atom. The molecule has 1 aliphatic heterocycles. The Morgan fingerprint density at radius 3 is 2.55 bits per heavy atom. The van der Waals surface area contributed by atoms with Crippen LogP contribution in [0.3, 0.4) is 0 Å². The van der Waals surface area contributed by atoms with Crippen LogP contribution in [0.25, 0.3) is 10.8 Å². The standard InChI is InChI=1S/C27H27BrN2O/c1-27(2)14-21-25(23(31)15-27)24(17-10-12-22(30(3)4)20(28)13-17)19-11-9-16-7-5-6-8-18(16)26(19)29-21/h5-13,24,29H,14-15H2,1-4H3. The van der Waals surface area contributed by atoms with Crippen LogP contribution >= 0.6 is 15.9 Å². The van der Waals surface area contributed by atoms with Crippen molar-refractivity contribution in [2.45, 2.75) is 32.6 Å². The molecule has 3 aromatic carbocycles. The van der Waals surface area contributed by atoms with Crippen molar-refractivity contribution >= 4 is 43.9 Å². The smallest absolute Gasteiger partial charge is 0.162 e. The third-order valence-electron chi connectivity index (χ3n) is 6.54. The summed E-state index contributed by atoms with van der Waals surface area (Å²) in [5.74, 6) is 0.197. The first-order chi connectivity index (χ1) is 14.7. The van der Waals surface area contributed by atoms with Crippen LogP contribution in [0.4, 0.5) is 11.4 Å². The Labute approximate surface area is 192 Å². The Balaban J connectivity index is 1.77. The topological polar surface area (TPSA) is 32.3 Å². The van der Waals surface area contributed by atoms with Crippen LogP contribution in [-0.2, 0) is 4.79 Å². The maximum absolute atomic E-state index is 13.4. The minimum atomic E-state index is -0.0630. The molecular weight excluding hydrogens is 448 g/mol. The van der Waals surface area contributed by atoms with Gasteiger partial charge in [-0.2, -0.15) is 0 Å². The van der Waals surface area contributed by atoms with Gasteiger partial charge in [0, 0.05) is 47.6 Å². The fourth-order valence-corrected chi connectivity index (χ4v) is 5.92. The van der Waals surface area contributed by atoms with E-state index < -0.39 is 0 Å². The minimum absolute atomic E-state index is 0.0368. The van der Waals surface area contributed by atoms with E-state index in [9.17, 15) is 4.79 Å². The molecule has 1 aliphatic carbocycles. The van der Waals surface area contributed by atoms with Crippen molar-refractivity contribution in [2.24, 2.45) is 5.41 Å². The molecule has 3 nitrogen and oxygen atoms in total. The fraction of sp³-hybridized carbons (Fsp3) is 0.296. The van der Waals surface area contributed by atoms with Crippen LogP contribution in [0.5, 0.6) is 0 Å². The first-order valence-corrected chi connectivity index (χ1v) is 11.6. The summed E-state index contributed by atoms with van der Waals surface area (Å²) in [6.45, 7) is 4.37. The third kappa shape index (κ3) is 3.38. The lowest BCUT2D eigenvalue weighted by molar-refractivity contribution is -0.118. The summed E-state index contributed by atoms with van der Waals surface area (Å²) in [5, 5.41) is 6.13. The Bertz CT molecular complexity index is 1260. The van der Waals surface area contributed by atoms with Crippen molar-refractivity contribution in [3.63, 3.8) is 0 Å². The molecule has 4 heteroatoms. The summed E-state index contributed by atoms with van der Waals surface area (Å²) in [5.41, 5.74) is 6.58. The Hall–Kier alpha value is -2.59. The van der Waals surface area contributed by atoms with Gasteiger partial charge in [-0.1, -0.05) is 56.3 Å². The number of carbonyl (C=O) groups is 1. The zero-order chi connectivity index (χ0) is 21.9. The number of hydrogen-bond acceptors (Lipinski definition) is 3. The largest absolute Gasteiger partial charge is 0.377 e. The van der Waals surface area contributed by atoms with Gasteiger partial charge in [-0.25, -0.2) is 0 Å². The third-order valence-corrected chi connectivity index (χ3v) is 7.18. The number of nitrogens with zero attached hydrogens (tertiary/aromatic N) is 1. The zero-order valence-electron chi connectivity index (χ0n) is 18.4. The number of allylic oxidation sites excluding steroid dienone is 2. The average Bonchev–Trinajstić information content (AvgIpc) is 2.71. The van der Waals surface area contributed by atoms with E-state index in [1.165, 1.54) is 16.3 Å². The molecule has 0 saturated heterocycles. The number of carbonyl (C=O) groups excluding carboxylic acids is 1. The lowest BCUT2D eigenvalue weighted by atomic mass is 9.68. The van der Waals surface area contributed by atoms with E-state index in [0.717, 1.165) is 39.1 Å². The van der Waals surface area contributed by atoms with E-state index in [4.69, 9.17) is 0 Å². The number of fused-ring (bicyclic) bond motifs is 3. The summed E-state index contributed by atoms with van der Waals surface area (Å²) in [7, 11) is 4.08. The summed E-state index contributed by atoms with van der Waals surface area (Å²) in [4.78, 5) is 15.5. The number of nitrogens with one attached hydrogen (secondary N) is 1. The number of ketones is 1. The molecule has 0 spiro atoms. The van der Waals surface area contributed by atoms with Gasteiger partial charge in [0.05, 0.1) is 11.4 Å². The first-order valence-electron chi connectivity index (χ1n) is 10.8. The molecule has 0 saturated carbocycles. The van der Waals surface area contributed by atoms with Gasteiger partial charge < -0.3 is 10.2 Å². The molecule has 0 bridgehead atoms. The second-order valence-electron chi connectivity index (χ2n) is 9.75. The predicted molar refractivity (Wildman–Crippen MR) is 133 cm³/mol. The molecule has 3 aromatic rings. The van der Waals surface area contributed by atoms with Crippen molar-refractivity contribution in [2.75, 3.05) is 24.3 Å². The Kier molecular flexibility index (Phi) is 4.74. The fourth-order valence-electron chi connectivity index (χ4n) is 5.17. The molecule has 0 amide bonds. The lowest BCUT2D eigenvalue weighted by Gasteiger charge is -2.40.